The topological polar surface area (TPSA) is 66.8 Å². The van der Waals surface area contributed by atoms with Crippen LogP contribution in [0.25, 0.3) is 10.8 Å². The third-order valence-electron chi connectivity index (χ3n) is 6.14. The lowest BCUT2D eigenvalue weighted by molar-refractivity contribution is 0.100. The first-order valence-corrected chi connectivity index (χ1v) is 13.3. The Hall–Kier alpha value is -3.13. The van der Waals surface area contributed by atoms with Gasteiger partial charge in [-0.25, -0.2) is 12.7 Å². The quantitative estimate of drug-likeness (QED) is 0.332. The number of nitrogens with zero attached hydrogens (tertiary/aromatic N) is 2. The van der Waals surface area contributed by atoms with Crippen LogP contribution < -0.4 is 0 Å². The number of carbonyl (C=O) groups is 1. The molecule has 4 aromatic rings. The summed E-state index contributed by atoms with van der Waals surface area (Å²) in [7, 11) is -4.03. The molecule has 0 radical (unpaired) electrons. The molecule has 2 aliphatic rings. The summed E-state index contributed by atoms with van der Waals surface area (Å²) < 4.78 is 29.2. The standard InChI is InChI=1S/C26H17ClN2O3S2/c27-18-12-14-19(15-13-18)34(31,32)29-23-20-10-4-8-16-9-5-11-21(22(16)20)24(23)33-26(29)28-25(30)17-6-2-1-3-7-17/h1-15,23-24H. The molecule has 1 amide bonds. The third kappa shape index (κ3) is 3.27. The van der Waals surface area contributed by atoms with Crippen LogP contribution in [0.15, 0.2) is 101 Å². The van der Waals surface area contributed by atoms with Crippen molar-refractivity contribution in [3.63, 3.8) is 0 Å². The predicted octanol–water partition coefficient (Wildman–Crippen LogP) is 6.22. The summed E-state index contributed by atoms with van der Waals surface area (Å²) >= 11 is 7.33. The zero-order valence-corrected chi connectivity index (χ0v) is 20.0. The number of amidine groups is 1. The number of carbonyl (C=O) groups excluding carboxylic acids is 1. The van der Waals surface area contributed by atoms with Gasteiger partial charge in [-0.3, -0.25) is 4.79 Å². The molecule has 34 heavy (non-hydrogen) atoms. The Kier molecular flexibility index (Phi) is 5.02. The Morgan fingerprint density at radius 3 is 2.24 bits per heavy atom. The van der Waals surface area contributed by atoms with Gasteiger partial charge in [-0.2, -0.15) is 4.99 Å². The van der Waals surface area contributed by atoms with Crippen molar-refractivity contribution in [2.75, 3.05) is 0 Å². The minimum Gasteiger partial charge on any atom is -0.267 e. The van der Waals surface area contributed by atoms with Gasteiger partial charge in [-0.05, 0) is 58.3 Å². The first-order chi connectivity index (χ1) is 16.4. The van der Waals surface area contributed by atoms with E-state index in [4.69, 9.17) is 11.6 Å². The summed E-state index contributed by atoms with van der Waals surface area (Å²) in [6.45, 7) is 0. The van der Waals surface area contributed by atoms with E-state index in [-0.39, 0.29) is 15.3 Å². The molecule has 1 heterocycles. The highest BCUT2D eigenvalue weighted by molar-refractivity contribution is 8.15. The Morgan fingerprint density at radius 1 is 0.853 bits per heavy atom. The molecule has 1 aliphatic carbocycles. The number of halogens is 1. The fourth-order valence-corrected chi connectivity index (χ4v) is 8.07. The maximum absolute atomic E-state index is 14.0. The number of hydrogen-bond donors (Lipinski definition) is 0. The number of hydrogen-bond acceptors (Lipinski definition) is 4. The van der Waals surface area contributed by atoms with Crippen LogP contribution in [0.3, 0.4) is 0 Å². The second-order valence-electron chi connectivity index (χ2n) is 8.10. The van der Waals surface area contributed by atoms with Crippen molar-refractivity contribution in [3.05, 3.63) is 113 Å². The summed E-state index contributed by atoms with van der Waals surface area (Å²) in [5.41, 5.74) is 2.37. The zero-order chi connectivity index (χ0) is 23.4. The molecule has 8 heteroatoms. The van der Waals surface area contributed by atoms with E-state index in [2.05, 4.69) is 4.99 Å². The van der Waals surface area contributed by atoms with E-state index in [0.29, 0.717) is 10.6 Å². The van der Waals surface area contributed by atoms with Crippen LogP contribution >= 0.6 is 23.4 Å². The van der Waals surface area contributed by atoms with Gasteiger partial charge < -0.3 is 0 Å². The number of rotatable bonds is 3. The molecule has 6 rings (SSSR count). The Morgan fingerprint density at radius 2 is 1.53 bits per heavy atom. The average Bonchev–Trinajstić information content (AvgIpc) is 3.37. The number of sulfonamides is 1. The van der Waals surface area contributed by atoms with Crippen molar-refractivity contribution in [1.29, 1.82) is 0 Å². The minimum absolute atomic E-state index is 0.0983. The molecular formula is C26H17ClN2O3S2. The molecule has 0 aromatic heterocycles. The summed E-state index contributed by atoms with van der Waals surface area (Å²) in [6, 6.07) is 26.2. The molecule has 5 nitrogen and oxygen atoms in total. The molecule has 0 bridgehead atoms. The van der Waals surface area contributed by atoms with E-state index in [9.17, 15) is 13.2 Å². The predicted molar refractivity (Wildman–Crippen MR) is 136 cm³/mol. The van der Waals surface area contributed by atoms with E-state index in [1.54, 1.807) is 36.4 Å². The molecule has 0 spiro atoms. The van der Waals surface area contributed by atoms with Crippen LogP contribution in [0, 0.1) is 0 Å². The van der Waals surface area contributed by atoms with Crippen molar-refractivity contribution >= 4 is 55.2 Å². The summed E-state index contributed by atoms with van der Waals surface area (Å²) in [5, 5.41) is 2.54. The fraction of sp³-hybridized carbons (Fsp3) is 0.0769. The van der Waals surface area contributed by atoms with Gasteiger partial charge in [0.1, 0.15) is 0 Å². The maximum atomic E-state index is 14.0. The third-order valence-corrected chi connectivity index (χ3v) is 9.56. The van der Waals surface area contributed by atoms with Crippen LogP contribution in [0.1, 0.15) is 32.8 Å². The monoisotopic (exact) mass is 504 g/mol. The fourth-order valence-electron chi connectivity index (χ4n) is 4.66. The minimum atomic E-state index is -4.03. The van der Waals surface area contributed by atoms with E-state index < -0.39 is 22.0 Å². The van der Waals surface area contributed by atoms with Gasteiger partial charge in [0.2, 0.25) is 0 Å². The number of thioether (sulfide) groups is 1. The Bertz CT molecular complexity index is 1580. The largest absolute Gasteiger partial charge is 0.279 e. The van der Waals surface area contributed by atoms with Crippen LogP contribution in [-0.4, -0.2) is 23.8 Å². The van der Waals surface area contributed by atoms with Crippen LogP contribution in [0.5, 0.6) is 0 Å². The van der Waals surface area contributed by atoms with Crippen molar-refractivity contribution < 1.29 is 13.2 Å². The molecule has 1 fully saturated rings. The maximum Gasteiger partial charge on any atom is 0.279 e. The second kappa shape index (κ2) is 7.98. The van der Waals surface area contributed by atoms with Crippen molar-refractivity contribution in [1.82, 2.24) is 4.31 Å². The average molecular weight is 505 g/mol. The molecule has 168 valence electrons. The van der Waals surface area contributed by atoms with Gasteiger partial charge in [0.15, 0.2) is 5.17 Å². The molecule has 0 saturated carbocycles. The van der Waals surface area contributed by atoms with Crippen LogP contribution in [0.4, 0.5) is 0 Å². The lowest BCUT2D eigenvalue weighted by atomic mass is 10.0. The Balaban J connectivity index is 1.54. The van der Waals surface area contributed by atoms with Gasteiger partial charge in [0, 0.05) is 10.6 Å². The van der Waals surface area contributed by atoms with E-state index in [1.807, 2.05) is 42.5 Å². The first kappa shape index (κ1) is 21.4. The van der Waals surface area contributed by atoms with Crippen LogP contribution in [-0.2, 0) is 10.0 Å². The van der Waals surface area contributed by atoms with Crippen molar-refractivity contribution in [2.24, 2.45) is 4.99 Å². The smallest absolute Gasteiger partial charge is 0.267 e. The van der Waals surface area contributed by atoms with Gasteiger partial charge in [0.25, 0.3) is 15.9 Å². The molecule has 2 unspecified atom stereocenters. The van der Waals surface area contributed by atoms with Gasteiger partial charge in [-0.1, -0.05) is 78.0 Å². The SMILES string of the molecule is O=C(N=C1SC2c3cccc4cccc(c34)C2N1S(=O)(=O)c1ccc(Cl)cc1)c1ccccc1. The lowest BCUT2D eigenvalue weighted by Crippen LogP contribution is -2.34. The number of amides is 1. The van der Waals surface area contributed by atoms with E-state index in [1.165, 1.54) is 28.2 Å². The molecule has 2 atom stereocenters. The van der Waals surface area contributed by atoms with Gasteiger partial charge in [0.05, 0.1) is 16.2 Å². The van der Waals surface area contributed by atoms with Crippen molar-refractivity contribution in [3.8, 4) is 0 Å². The van der Waals surface area contributed by atoms with Crippen molar-refractivity contribution in [2.45, 2.75) is 16.2 Å². The van der Waals surface area contributed by atoms with E-state index >= 15 is 0 Å². The highest BCUT2D eigenvalue weighted by Crippen LogP contribution is 2.60. The molecule has 4 aromatic carbocycles. The molecule has 1 saturated heterocycles. The first-order valence-electron chi connectivity index (χ1n) is 10.6. The second-order valence-corrected chi connectivity index (χ2v) is 11.5. The zero-order valence-electron chi connectivity index (χ0n) is 17.6. The van der Waals surface area contributed by atoms with Gasteiger partial charge in [-0.15, -0.1) is 0 Å². The highest BCUT2D eigenvalue weighted by atomic mass is 35.5. The normalized spacial score (nSPS) is 20.1. The summed E-state index contributed by atoms with van der Waals surface area (Å²) in [4.78, 5) is 17.4. The number of benzene rings is 4. The molecule has 0 N–H and O–H groups in total. The Labute approximate surface area is 206 Å². The number of aliphatic imine (C=N–C) groups is 1. The highest BCUT2D eigenvalue weighted by Gasteiger charge is 2.51. The van der Waals surface area contributed by atoms with E-state index in [0.717, 1.165) is 21.9 Å². The van der Waals surface area contributed by atoms with Gasteiger partial charge >= 0.3 is 0 Å². The summed E-state index contributed by atoms with van der Waals surface area (Å²) in [5.74, 6) is -0.481. The summed E-state index contributed by atoms with van der Waals surface area (Å²) in [6.07, 6.45) is 0. The number of fused-ring (bicyclic) bond motifs is 3. The van der Waals surface area contributed by atoms with Crippen LogP contribution in [0.2, 0.25) is 5.02 Å². The molecule has 1 aliphatic heterocycles. The molecular weight excluding hydrogens is 488 g/mol. The lowest BCUT2D eigenvalue weighted by Gasteiger charge is -2.25.